The van der Waals surface area contributed by atoms with Crippen LogP contribution in [0.1, 0.15) is 12.8 Å². The van der Waals surface area contributed by atoms with Gasteiger partial charge in [-0.2, -0.15) is 0 Å². The molecule has 3 rings (SSSR count). The number of fused-ring (bicyclic) bond motifs is 1. The summed E-state index contributed by atoms with van der Waals surface area (Å²) in [6, 6.07) is 5.47. The number of hydrogen-bond acceptors (Lipinski definition) is 2. The molecule has 1 spiro atoms. The minimum Gasteiger partial charge on any atom is -0.382 e. The number of nitrogens with one attached hydrogen (secondary N) is 2. The smallest absolute Gasteiger partial charge is 0.232 e. The Kier molecular flexibility index (Phi) is 1.74. The predicted octanol–water partition coefficient (Wildman–Crippen LogP) is 2.48. The summed E-state index contributed by atoms with van der Waals surface area (Å²) in [6.07, 6.45) is 1.96. The van der Waals surface area contributed by atoms with Gasteiger partial charge in [-0.3, -0.25) is 4.79 Å². The molecule has 0 atom stereocenters. The average Bonchev–Trinajstić information content (AvgIpc) is 3.00. The standard InChI is InChI=1S/C11H11ClN2O/c12-7-1-2-8-9(5-7)13-6-11(3-4-11)10(15)14-8/h1-2,5,13H,3-4,6H2,(H,14,15). The van der Waals surface area contributed by atoms with Crippen molar-refractivity contribution in [1.82, 2.24) is 0 Å². The molecule has 15 heavy (non-hydrogen) atoms. The summed E-state index contributed by atoms with van der Waals surface area (Å²) < 4.78 is 0. The van der Waals surface area contributed by atoms with Crippen LogP contribution in [0.5, 0.6) is 0 Å². The van der Waals surface area contributed by atoms with Gasteiger partial charge in [0.05, 0.1) is 16.8 Å². The van der Waals surface area contributed by atoms with E-state index in [0.717, 1.165) is 24.2 Å². The molecule has 1 amide bonds. The Morgan fingerprint density at radius 3 is 2.80 bits per heavy atom. The van der Waals surface area contributed by atoms with Crippen LogP contribution in [-0.2, 0) is 4.79 Å². The third-order valence-corrected chi connectivity index (χ3v) is 3.42. The van der Waals surface area contributed by atoms with Gasteiger partial charge in [-0.15, -0.1) is 0 Å². The summed E-state index contributed by atoms with van der Waals surface area (Å²) in [5, 5.41) is 6.91. The van der Waals surface area contributed by atoms with E-state index >= 15 is 0 Å². The fraction of sp³-hybridized carbons (Fsp3) is 0.364. The van der Waals surface area contributed by atoms with Crippen molar-refractivity contribution in [3.05, 3.63) is 23.2 Å². The van der Waals surface area contributed by atoms with Crippen LogP contribution >= 0.6 is 11.6 Å². The maximum absolute atomic E-state index is 11.9. The monoisotopic (exact) mass is 222 g/mol. The fourth-order valence-corrected chi connectivity index (χ4v) is 2.10. The van der Waals surface area contributed by atoms with Crippen molar-refractivity contribution in [3.63, 3.8) is 0 Å². The number of halogens is 1. The van der Waals surface area contributed by atoms with Crippen molar-refractivity contribution >= 4 is 28.9 Å². The second-order valence-corrected chi connectivity index (χ2v) is 4.71. The molecule has 1 aromatic carbocycles. The Labute approximate surface area is 92.8 Å². The zero-order valence-electron chi connectivity index (χ0n) is 8.14. The van der Waals surface area contributed by atoms with Gasteiger partial charge in [-0.1, -0.05) is 11.6 Å². The normalized spacial score (nSPS) is 21.3. The molecule has 1 saturated carbocycles. The summed E-state index contributed by atoms with van der Waals surface area (Å²) in [5.41, 5.74) is 1.58. The number of rotatable bonds is 0. The van der Waals surface area contributed by atoms with Crippen LogP contribution in [0.4, 0.5) is 11.4 Å². The van der Waals surface area contributed by atoms with E-state index in [1.807, 2.05) is 12.1 Å². The molecule has 0 aromatic heterocycles. The zero-order chi connectivity index (χ0) is 10.5. The van der Waals surface area contributed by atoms with Crippen LogP contribution in [0, 0.1) is 5.41 Å². The molecule has 1 heterocycles. The molecule has 1 fully saturated rings. The molecular weight excluding hydrogens is 212 g/mol. The van der Waals surface area contributed by atoms with E-state index in [2.05, 4.69) is 10.6 Å². The first-order valence-corrected chi connectivity index (χ1v) is 5.42. The first-order chi connectivity index (χ1) is 7.20. The second-order valence-electron chi connectivity index (χ2n) is 4.28. The van der Waals surface area contributed by atoms with E-state index in [0.29, 0.717) is 11.6 Å². The summed E-state index contributed by atoms with van der Waals surface area (Å²) in [7, 11) is 0. The highest BCUT2D eigenvalue weighted by molar-refractivity contribution is 6.31. The highest BCUT2D eigenvalue weighted by Crippen LogP contribution is 2.48. The third-order valence-electron chi connectivity index (χ3n) is 3.18. The minimum absolute atomic E-state index is 0.135. The van der Waals surface area contributed by atoms with Crippen LogP contribution < -0.4 is 10.6 Å². The quantitative estimate of drug-likeness (QED) is 0.708. The van der Waals surface area contributed by atoms with Gasteiger partial charge in [0, 0.05) is 11.6 Å². The van der Waals surface area contributed by atoms with Gasteiger partial charge in [0.15, 0.2) is 0 Å². The van der Waals surface area contributed by atoms with Crippen LogP contribution in [0.25, 0.3) is 0 Å². The van der Waals surface area contributed by atoms with E-state index in [9.17, 15) is 4.79 Å². The largest absolute Gasteiger partial charge is 0.382 e. The number of carbonyl (C=O) groups is 1. The van der Waals surface area contributed by atoms with Crippen molar-refractivity contribution in [2.45, 2.75) is 12.8 Å². The molecule has 0 saturated heterocycles. The molecule has 2 aliphatic rings. The SMILES string of the molecule is O=C1Nc2ccc(Cl)cc2NCC12CC2. The Morgan fingerprint density at radius 2 is 2.07 bits per heavy atom. The van der Waals surface area contributed by atoms with Gasteiger partial charge in [-0.25, -0.2) is 0 Å². The Morgan fingerprint density at radius 1 is 1.27 bits per heavy atom. The molecule has 78 valence electrons. The van der Waals surface area contributed by atoms with Crippen LogP contribution in [0.3, 0.4) is 0 Å². The average molecular weight is 223 g/mol. The summed E-state index contributed by atoms with van der Waals surface area (Å²) in [4.78, 5) is 11.9. The Hall–Kier alpha value is -1.22. The molecule has 3 nitrogen and oxygen atoms in total. The number of hydrogen-bond donors (Lipinski definition) is 2. The van der Waals surface area contributed by atoms with E-state index in [1.54, 1.807) is 6.07 Å². The summed E-state index contributed by atoms with van der Waals surface area (Å²) >= 11 is 5.90. The lowest BCUT2D eigenvalue weighted by Crippen LogP contribution is -2.27. The summed E-state index contributed by atoms with van der Waals surface area (Å²) in [5.74, 6) is 0.135. The maximum Gasteiger partial charge on any atom is 0.232 e. The molecule has 1 aliphatic carbocycles. The van der Waals surface area contributed by atoms with Crippen molar-refractivity contribution in [2.24, 2.45) is 5.41 Å². The number of anilines is 2. The van der Waals surface area contributed by atoms with Gasteiger partial charge < -0.3 is 10.6 Å². The van der Waals surface area contributed by atoms with Gasteiger partial charge in [0.25, 0.3) is 0 Å². The molecule has 1 aliphatic heterocycles. The lowest BCUT2D eigenvalue weighted by atomic mass is 10.1. The minimum atomic E-state index is -0.161. The van der Waals surface area contributed by atoms with Crippen molar-refractivity contribution in [1.29, 1.82) is 0 Å². The molecule has 4 heteroatoms. The fourth-order valence-electron chi connectivity index (χ4n) is 1.93. The summed E-state index contributed by atoms with van der Waals surface area (Å²) in [6.45, 7) is 0.714. The molecule has 0 radical (unpaired) electrons. The molecular formula is C11H11ClN2O. The third kappa shape index (κ3) is 1.38. The molecule has 2 N–H and O–H groups in total. The van der Waals surface area contributed by atoms with Crippen LogP contribution in [0.2, 0.25) is 5.02 Å². The van der Waals surface area contributed by atoms with Gasteiger partial charge in [0.2, 0.25) is 5.91 Å². The highest BCUT2D eigenvalue weighted by Gasteiger charge is 2.50. The van der Waals surface area contributed by atoms with E-state index in [4.69, 9.17) is 11.6 Å². The topological polar surface area (TPSA) is 41.1 Å². The first-order valence-electron chi connectivity index (χ1n) is 5.05. The van der Waals surface area contributed by atoms with Crippen molar-refractivity contribution in [2.75, 3.05) is 17.2 Å². The molecule has 1 aromatic rings. The number of amides is 1. The molecule has 0 unspecified atom stereocenters. The Bertz CT molecular complexity index is 440. The second kappa shape index (κ2) is 2.89. The molecule has 0 bridgehead atoms. The van der Waals surface area contributed by atoms with Crippen molar-refractivity contribution in [3.8, 4) is 0 Å². The van der Waals surface area contributed by atoms with Crippen molar-refractivity contribution < 1.29 is 4.79 Å². The van der Waals surface area contributed by atoms with E-state index in [1.165, 1.54) is 0 Å². The lowest BCUT2D eigenvalue weighted by molar-refractivity contribution is -0.120. The maximum atomic E-state index is 11.9. The lowest BCUT2D eigenvalue weighted by Gasteiger charge is -2.09. The predicted molar refractivity (Wildman–Crippen MR) is 60.2 cm³/mol. The highest BCUT2D eigenvalue weighted by atomic mass is 35.5. The first kappa shape index (κ1) is 9.04. The number of carbonyl (C=O) groups excluding carboxylic acids is 1. The van der Waals surface area contributed by atoms with Gasteiger partial charge in [-0.05, 0) is 31.0 Å². The van der Waals surface area contributed by atoms with Crippen LogP contribution in [-0.4, -0.2) is 12.5 Å². The van der Waals surface area contributed by atoms with E-state index < -0.39 is 0 Å². The Balaban J connectivity index is 2.00. The zero-order valence-corrected chi connectivity index (χ0v) is 8.90. The van der Waals surface area contributed by atoms with Gasteiger partial charge in [0.1, 0.15) is 0 Å². The van der Waals surface area contributed by atoms with Crippen LogP contribution in [0.15, 0.2) is 18.2 Å². The number of benzene rings is 1. The van der Waals surface area contributed by atoms with Gasteiger partial charge >= 0.3 is 0 Å². The van der Waals surface area contributed by atoms with E-state index in [-0.39, 0.29) is 11.3 Å².